The predicted molar refractivity (Wildman–Crippen MR) is 68.6 cm³/mol. The summed E-state index contributed by atoms with van der Waals surface area (Å²) < 4.78 is 0. The molecule has 1 saturated heterocycles. The first-order valence-electron chi connectivity index (χ1n) is 7.71. The van der Waals surface area contributed by atoms with Crippen LogP contribution in [0.1, 0.15) is 70.6 Å². The Balaban J connectivity index is 1.64. The topological polar surface area (TPSA) is 3.24 Å². The molecule has 0 radical (unpaired) electrons. The molecule has 0 aromatic rings. The van der Waals surface area contributed by atoms with E-state index in [0.717, 1.165) is 18.0 Å². The van der Waals surface area contributed by atoms with Crippen LogP contribution in [0.3, 0.4) is 0 Å². The van der Waals surface area contributed by atoms with E-state index >= 15 is 0 Å². The summed E-state index contributed by atoms with van der Waals surface area (Å²) in [6.45, 7) is 1.43. The van der Waals surface area contributed by atoms with Crippen molar-refractivity contribution in [3.8, 4) is 0 Å². The Morgan fingerprint density at radius 1 is 0.625 bits per heavy atom. The zero-order valence-electron chi connectivity index (χ0n) is 10.7. The fourth-order valence-corrected chi connectivity index (χ4v) is 4.48. The van der Waals surface area contributed by atoms with Gasteiger partial charge in [-0.25, -0.2) is 0 Å². The molecule has 2 aliphatic carbocycles. The third-order valence-electron chi connectivity index (χ3n) is 5.35. The van der Waals surface area contributed by atoms with E-state index in [2.05, 4.69) is 4.90 Å². The van der Waals surface area contributed by atoms with E-state index in [1.54, 1.807) is 0 Å². The highest BCUT2D eigenvalue weighted by Crippen LogP contribution is 2.39. The predicted octanol–water partition coefficient (Wildman–Crippen LogP) is 3.97. The molecule has 1 nitrogen and oxygen atoms in total. The molecule has 92 valence electrons. The number of fused-ring (bicyclic) bond motifs is 1. The van der Waals surface area contributed by atoms with Crippen molar-refractivity contribution < 1.29 is 0 Å². The Kier molecular flexibility index (Phi) is 3.51. The lowest BCUT2D eigenvalue weighted by Gasteiger charge is -2.37. The van der Waals surface area contributed by atoms with Gasteiger partial charge in [-0.3, -0.25) is 4.90 Å². The Hall–Kier alpha value is -0.0400. The third kappa shape index (κ3) is 2.16. The van der Waals surface area contributed by atoms with E-state index in [-0.39, 0.29) is 0 Å². The number of hydrogen-bond acceptors (Lipinski definition) is 1. The van der Waals surface area contributed by atoms with Crippen LogP contribution in [0.25, 0.3) is 0 Å². The van der Waals surface area contributed by atoms with Crippen LogP contribution in [0.15, 0.2) is 0 Å². The Morgan fingerprint density at radius 2 is 1.31 bits per heavy atom. The lowest BCUT2D eigenvalue weighted by atomic mass is 9.84. The smallest absolute Gasteiger partial charge is 0.0127 e. The summed E-state index contributed by atoms with van der Waals surface area (Å²) in [5.74, 6) is 1.08. The van der Waals surface area contributed by atoms with Gasteiger partial charge in [-0.2, -0.15) is 0 Å². The minimum atomic E-state index is 0.968. The molecule has 1 heteroatoms. The fourth-order valence-electron chi connectivity index (χ4n) is 4.48. The SMILES string of the molecule is C1CCCC(N2CCC3CCCCC32)CC1. The number of likely N-dealkylation sites (tertiary alicyclic amines) is 1. The van der Waals surface area contributed by atoms with Crippen molar-refractivity contribution in [1.29, 1.82) is 0 Å². The van der Waals surface area contributed by atoms with Crippen molar-refractivity contribution in [2.75, 3.05) is 6.54 Å². The second-order valence-corrected chi connectivity index (χ2v) is 6.28. The lowest BCUT2D eigenvalue weighted by Crippen LogP contribution is -2.41. The van der Waals surface area contributed by atoms with Crippen molar-refractivity contribution >= 4 is 0 Å². The summed E-state index contributed by atoms with van der Waals surface area (Å²) in [5.41, 5.74) is 0. The first-order chi connectivity index (χ1) is 7.95. The van der Waals surface area contributed by atoms with Crippen molar-refractivity contribution in [1.82, 2.24) is 4.90 Å². The molecule has 0 bridgehead atoms. The summed E-state index contributed by atoms with van der Waals surface area (Å²) in [6.07, 6.45) is 16.6. The van der Waals surface area contributed by atoms with Gasteiger partial charge in [0, 0.05) is 12.1 Å². The van der Waals surface area contributed by atoms with Crippen molar-refractivity contribution in [3.05, 3.63) is 0 Å². The lowest BCUT2D eigenvalue weighted by molar-refractivity contribution is 0.121. The van der Waals surface area contributed by atoms with Gasteiger partial charge in [0.2, 0.25) is 0 Å². The molecular formula is C15H27N. The number of rotatable bonds is 1. The molecule has 16 heavy (non-hydrogen) atoms. The summed E-state index contributed by atoms with van der Waals surface area (Å²) >= 11 is 0. The maximum absolute atomic E-state index is 2.94. The molecular weight excluding hydrogens is 194 g/mol. The summed E-state index contributed by atoms with van der Waals surface area (Å²) in [5, 5.41) is 0. The minimum absolute atomic E-state index is 0.968. The molecule has 1 aliphatic heterocycles. The van der Waals surface area contributed by atoms with Crippen LogP contribution in [-0.4, -0.2) is 23.5 Å². The molecule has 0 spiro atoms. The van der Waals surface area contributed by atoms with Gasteiger partial charge in [0.15, 0.2) is 0 Å². The van der Waals surface area contributed by atoms with E-state index < -0.39 is 0 Å². The molecule has 3 aliphatic rings. The first-order valence-corrected chi connectivity index (χ1v) is 7.71. The van der Waals surface area contributed by atoms with E-state index in [9.17, 15) is 0 Å². The van der Waals surface area contributed by atoms with E-state index in [0.29, 0.717) is 0 Å². The van der Waals surface area contributed by atoms with Gasteiger partial charge in [0.05, 0.1) is 0 Å². The Morgan fingerprint density at radius 3 is 2.12 bits per heavy atom. The standard InChI is InChI=1S/C15H27N/c1-2-4-9-14(8-3-1)16-12-11-13-7-5-6-10-15(13)16/h13-15H,1-12H2. The van der Waals surface area contributed by atoms with Gasteiger partial charge in [0.1, 0.15) is 0 Å². The summed E-state index contributed by atoms with van der Waals surface area (Å²) in [4.78, 5) is 2.94. The molecule has 2 saturated carbocycles. The van der Waals surface area contributed by atoms with Crippen LogP contribution in [0, 0.1) is 5.92 Å². The highest BCUT2D eigenvalue weighted by molar-refractivity contribution is 4.93. The van der Waals surface area contributed by atoms with Crippen LogP contribution in [-0.2, 0) is 0 Å². The van der Waals surface area contributed by atoms with Crippen LogP contribution < -0.4 is 0 Å². The number of hydrogen-bond donors (Lipinski definition) is 0. The molecule has 1 heterocycles. The van der Waals surface area contributed by atoms with Gasteiger partial charge in [-0.05, 0) is 44.6 Å². The monoisotopic (exact) mass is 221 g/mol. The highest BCUT2D eigenvalue weighted by Gasteiger charge is 2.38. The average molecular weight is 221 g/mol. The third-order valence-corrected chi connectivity index (χ3v) is 5.35. The zero-order valence-corrected chi connectivity index (χ0v) is 10.7. The van der Waals surface area contributed by atoms with E-state index in [1.807, 2.05) is 0 Å². The maximum Gasteiger partial charge on any atom is 0.0127 e. The molecule has 3 rings (SSSR count). The van der Waals surface area contributed by atoms with Crippen molar-refractivity contribution in [3.63, 3.8) is 0 Å². The second kappa shape index (κ2) is 5.08. The van der Waals surface area contributed by atoms with Gasteiger partial charge >= 0.3 is 0 Å². The molecule has 2 unspecified atom stereocenters. The van der Waals surface area contributed by atoms with Crippen molar-refractivity contribution in [2.24, 2.45) is 5.92 Å². The second-order valence-electron chi connectivity index (χ2n) is 6.28. The summed E-state index contributed by atoms with van der Waals surface area (Å²) in [6, 6.07) is 1.97. The van der Waals surface area contributed by atoms with Crippen LogP contribution in [0.2, 0.25) is 0 Å². The number of nitrogens with zero attached hydrogens (tertiary/aromatic N) is 1. The van der Waals surface area contributed by atoms with E-state index in [1.165, 1.54) is 77.2 Å². The van der Waals surface area contributed by atoms with Crippen LogP contribution in [0.5, 0.6) is 0 Å². The molecule has 0 amide bonds. The van der Waals surface area contributed by atoms with Gasteiger partial charge in [0.25, 0.3) is 0 Å². The first kappa shape index (κ1) is 11.1. The van der Waals surface area contributed by atoms with Gasteiger partial charge in [-0.15, -0.1) is 0 Å². The zero-order chi connectivity index (χ0) is 10.8. The molecule has 2 atom stereocenters. The van der Waals surface area contributed by atoms with Crippen LogP contribution >= 0.6 is 0 Å². The highest BCUT2D eigenvalue weighted by atomic mass is 15.2. The summed E-state index contributed by atoms with van der Waals surface area (Å²) in [7, 11) is 0. The van der Waals surface area contributed by atoms with E-state index in [4.69, 9.17) is 0 Å². The average Bonchev–Trinajstić information content (AvgIpc) is 2.57. The molecule has 0 aromatic heterocycles. The molecule has 0 N–H and O–H groups in total. The minimum Gasteiger partial charge on any atom is -0.297 e. The molecule has 0 aromatic carbocycles. The fraction of sp³-hybridized carbons (Fsp3) is 1.00. The normalized spacial score (nSPS) is 38.2. The Bertz CT molecular complexity index is 217. The maximum atomic E-state index is 2.94. The quantitative estimate of drug-likeness (QED) is 0.606. The Labute approximate surface area is 101 Å². The van der Waals surface area contributed by atoms with Gasteiger partial charge < -0.3 is 0 Å². The van der Waals surface area contributed by atoms with Crippen LogP contribution in [0.4, 0.5) is 0 Å². The largest absolute Gasteiger partial charge is 0.297 e. The van der Waals surface area contributed by atoms with Gasteiger partial charge in [-0.1, -0.05) is 38.5 Å². The molecule has 3 fully saturated rings. The van der Waals surface area contributed by atoms with Crippen molar-refractivity contribution in [2.45, 2.75) is 82.7 Å².